The zero-order valence-electron chi connectivity index (χ0n) is 12.5. The van der Waals surface area contributed by atoms with Crippen molar-refractivity contribution in [1.29, 1.82) is 0 Å². The molecule has 22 heavy (non-hydrogen) atoms. The highest BCUT2D eigenvalue weighted by Crippen LogP contribution is 2.20. The van der Waals surface area contributed by atoms with Gasteiger partial charge in [-0.3, -0.25) is 9.69 Å². The number of esters is 1. The lowest BCUT2D eigenvalue weighted by Crippen LogP contribution is -2.37. The molecule has 1 saturated heterocycles. The molecule has 7 heteroatoms. The topological polar surface area (TPSA) is 84.9 Å². The standard InChI is InChI=1S/C15H18N2O5/c1-10-4-3-5-12(11(10)2)21-9-14(19)22-8-13(18)17-7-6-16-15(17)20/h3-5H,6-9H2,1-2H3,(H,16,20). The molecule has 0 spiro atoms. The van der Waals surface area contributed by atoms with Gasteiger partial charge in [-0.25, -0.2) is 9.59 Å². The average molecular weight is 306 g/mol. The Kier molecular flexibility index (Phi) is 4.98. The summed E-state index contributed by atoms with van der Waals surface area (Å²) in [5, 5.41) is 2.50. The van der Waals surface area contributed by atoms with Crippen molar-refractivity contribution >= 4 is 17.9 Å². The molecule has 0 aliphatic carbocycles. The van der Waals surface area contributed by atoms with Crippen molar-refractivity contribution in [3.8, 4) is 5.75 Å². The first-order chi connectivity index (χ1) is 10.5. The highest BCUT2D eigenvalue weighted by atomic mass is 16.6. The second-order valence-corrected chi connectivity index (χ2v) is 4.92. The van der Waals surface area contributed by atoms with Gasteiger partial charge in [-0.15, -0.1) is 0 Å². The predicted molar refractivity (Wildman–Crippen MR) is 77.5 cm³/mol. The Hall–Kier alpha value is -2.57. The molecule has 1 aromatic carbocycles. The molecule has 0 atom stereocenters. The molecule has 2 rings (SSSR count). The first-order valence-corrected chi connectivity index (χ1v) is 6.92. The van der Waals surface area contributed by atoms with Crippen molar-refractivity contribution in [2.24, 2.45) is 0 Å². The van der Waals surface area contributed by atoms with Crippen LogP contribution in [0.2, 0.25) is 0 Å². The lowest BCUT2D eigenvalue weighted by atomic mass is 10.1. The van der Waals surface area contributed by atoms with E-state index in [4.69, 9.17) is 9.47 Å². The van der Waals surface area contributed by atoms with E-state index in [0.29, 0.717) is 12.3 Å². The molecule has 1 heterocycles. The van der Waals surface area contributed by atoms with E-state index in [1.807, 2.05) is 26.0 Å². The maximum absolute atomic E-state index is 11.7. The van der Waals surface area contributed by atoms with Gasteiger partial charge in [-0.2, -0.15) is 0 Å². The summed E-state index contributed by atoms with van der Waals surface area (Å²) in [6.45, 7) is 3.78. The zero-order valence-corrected chi connectivity index (χ0v) is 12.5. The number of nitrogens with zero attached hydrogens (tertiary/aromatic N) is 1. The number of imide groups is 1. The zero-order chi connectivity index (χ0) is 16.1. The molecule has 0 unspecified atom stereocenters. The summed E-state index contributed by atoms with van der Waals surface area (Å²) in [5.41, 5.74) is 2.00. The normalized spacial score (nSPS) is 13.7. The molecule has 1 fully saturated rings. The minimum Gasteiger partial charge on any atom is -0.482 e. The summed E-state index contributed by atoms with van der Waals surface area (Å²) >= 11 is 0. The lowest BCUT2D eigenvalue weighted by molar-refractivity contribution is -0.152. The van der Waals surface area contributed by atoms with Crippen LogP contribution in [-0.2, 0) is 14.3 Å². The number of urea groups is 1. The van der Waals surface area contributed by atoms with Gasteiger partial charge in [0.25, 0.3) is 5.91 Å². The number of ether oxygens (including phenoxy) is 2. The van der Waals surface area contributed by atoms with Crippen LogP contribution in [0.5, 0.6) is 5.75 Å². The Morgan fingerprint density at radius 3 is 2.73 bits per heavy atom. The second-order valence-electron chi connectivity index (χ2n) is 4.92. The SMILES string of the molecule is Cc1cccc(OCC(=O)OCC(=O)N2CCNC2=O)c1C. The minimum atomic E-state index is -0.658. The molecule has 3 amide bonds. The van der Waals surface area contributed by atoms with E-state index in [2.05, 4.69) is 5.32 Å². The van der Waals surface area contributed by atoms with Crippen LogP contribution in [-0.4, -0.2) is 49.1 Å². The van der Waals surface area contributed by atoms with Crippen LogP contribution >= 0.6 is 0 Å². The number of carbonyl (C=O) groups is 3. The van der Waals surface area contributed by atoms with E-state index in [9.17, 15) is 14.4 Å². The molecule has 0 aromatic heterocycles. The van der Waals surface area contributed by atoms with Crippen molar-refractivity contribution in [3.05, 3.63) is 29.3 Å². The first-order valence-electron chi connectivity index (χ1n) is 6.92. The van der Waals surface area contributed by atoms with Gasteiger partial charge in [0.2, 0.25) is 0 Å². The van der Waals surface area contributed by atoms with Crippen LogP contribution in [0.25, 0.3) is 0 Å². The molecule has 0 saturated carbocycles. The van der Waals surface area contributed by atoms with Gasteiger partial charge >= 0.3 is 12.0 Å². The maximum Gasteiger partial charge on any atom is 0.344 e. The minimum absolute atomic E-state index is 0.286. The fourth-order valence-corrected chi connectivity index (χ4v) is 1.99. The fraction of sp³-hybridized carbons (Fsp3) is 0.400. The largest absolute Gasteiger partial charge is 0.482 e. The molecule has 7 nitrogen and oxygen atoms in total. The van der Waals surface area contributed by atoms with Crippen LogP contribution in [0.4, 0.5) is 4.79 Å². The van der Waals surface area contributed by atoms with Crippen LogP contribution in [0.1, 0.15) is 11.1 Å². The van der Waals surface area contributed by atoms with Crippen molar-refractivity contribution < 1.29 is 23.9 Å². The molecule has 1 aliphatic rings. The van der Waals surface area contributed by atoms with Crippen LogP contribution < -0.4 is 10.1 Å². The monoisotopic (exact) mass is 306 g/mol. The van der Waals surface area contributed by atoms with Gasteiger partial charge in [-0.1, -0.05) is 12.1 Å². The number of aryl methyl sites for hydroxylation is 1. The van der Waals surface area contributed by atoms with Crippen molar-refractivity contribution in [2.45, 2.75) is 13.8 Å². The summed E-state index contributed by atoms with van der Waals surface area (Å²) in [4.78, 5) is 35.6. The summed E-state index contributed by atoms with van der Waals surface area (Å²) < 4.78 is 10.2. The summed E-state index contributed by atoms with van der Waals surface area (Å²) in [6, 6.07) is 5.07. The number of hydrogen-bond acceptors (Lipinski definition) is 5. The lowest BCUT2D eigenvalue weighted by Gasteiger charge is -2.13. The summed E-state index contributed by atoms with van der Waals surface area (Å²) in [5.74, 6) is -0.605. The number of nitrogens with one attached hydrogen (secondary N) is 1. The van der Waals surface area contributed by atoms with Gasteiger partial charge in [-0.05, 0) is 31.0 Å². The number of amides is 3. The number of carbonyl (C=O) groups excluding carboxylic acids is 3. The second kappa shape index (κ2) is 6.93. The summed E-state index contributed by atoms with van der Waals surface area (Å²) in [7, 11) is 0. The van der Waals surface area contributed by atoms with Crippen molar-refractivity contribution in [1.82, 2.24) is 10.2 Å². The van der Waals surface area contributed by atoms with Crippen LogP contribution in [0, 0.1) is 13.8 Å². The van der Waals surface area contributed by atoms with Crippen LogP contribution in [0.15, 0.2) is 18.2 Å². The predicted octanol–water partition coefficient (Wildman–Crippen LogP) is 0.777. The Labute approximate surface area is 128 Å². The molecule has 118 valence electrons. The smallest absolute Gasteiger partial charge is 0.344 e. The van der Waals surface area contributed by atoms with E-state index in [0.717, 1.165) is 16.0 Å². The number of benzene rings is 1. The Balaban J connectivity index is 1.77. The third-order valence-corrected chi connectivity index (χ3v) is 3.41. The van der Waals surface area contributed by atoms with E-state index in [-0.39, 0.29) is 13.2 Å². The molecule has 1 aliphatic heterocycles. The third kappa shape index (κ3) is 3.75. The molecule has 1 N–H and O–H groups in total. The van der Waals surface area contributed by atoms with E-state index in [1.165, 1.54) is 0 Å². The molecule has 1 aromatic rings. The van der Waals surface area contributed by atoms with Crippen LogP contribution in [0.3, 0.4) is 0 Å². The van der Waals surface area contributed by atoms with E-state index >= 15 is 0 Å². The molecule has 0 radical (unpaired) electrons. The van der Waals surface area contributed by atoms with Gasteiger partial charge in [0, 0.05) is 13.1 Å². The van der Waals surface area contributed by atoms with Crippen molar-refractivity contribution in [2.75, 3.05) is 26.3 Å². The van der Waals surface area contributed by atoms with Gasteiger partial charge in [0.05, 0.1) is 0 Å². The Bertz CT molecular complexity index is 600. The highest BCUT2D eigenvalue weighted by Gasteiger charge is 2.26. The average Bonchev–Trinajstić information content (AvgIpc) is 2.92. The van der Waals surface area contributed by atoms with Gasteiger partial charge in [0.1, 0.15) is 5.75 Å². The Morgan fingerprint density at radius 1 is 1.27 bits per heavy atom. The fourth-order valence-electron chi connectivity index (χ4n) is 1.99. The van der Waals surface area contributed by atoms with Crippen molar-refractivity contribution in [3.63, 3.8) is 0 Å². The van der Waals surface area contributed by atoms with Gasteiger partial charge in [0.15, 0.2) is 13.2 Å². The first kappa shape index (κ1) is 15.8. The Morgan fingerprint density at radius 2 is 2.05 bits per heavy atom. The maximum atomic E-state index is 11.7. The highest BCUT2D eigenvalue weighted by molar-refractivity contribution is 5.96. The van der Waals surface area contributed by atoms with E-state index < -0.39 is 24.5 Å². The quantitative estimate of drug-likeness (QED) is 0.813. The third-order valence-electron chi connectivity index (χ3n) is 3.41. The molecular weight excluding hydrogens is 288 g/mol. The molecular formula is C15H18N2O5. The summed E-state index contributed by atoms with van der Waals surface area (Å²) in [6.07, 6.45) is 0. The number of rotatable bonds is 5. The van der Waals surface area contributed by atoms with E-state index in [1.54, 1.807) is 6.07 Å². The van der Waals surface area contributed by atoms with Gasteiger partial charge < -0.3 is 14.8 Å². The molecule has 0 bridgehead atoms. The number of hydrogen-bond donors (Lipinski definition) is 1.